The Hall–Kier alpha value is -3.39. The predicted octanol–water partition coefficient (Wildman–Crippen LogP) is 2.29. The summed E-state index contributed by atoms with van der Waals surface area (Å²) in [6, 6.07) is 10.7. The minimum atomic E-state index is -1.64. The van der Waals surface area contributed by atoms with Gasteiger partial charge in [0, 0.05) is 25.5 Å². The zero-order valence-corrected chi connectivity index (χ0v) is 16.0. The molecule has 8 heteroatoms. The number of hydrogen-bond donors (Lipinski definition) is 2. The van der Waals surface area contributed by atoms with Crippen molar-refractivity contribution >= 4 is 22.9 Å². The average molecular weight is 409 g/mol. The quantitative estimate of drug-likeness (QED) is 0.685. The van der Waals surface area contributed by atoms with E-state index in [4.69, 9.17) is 0 Å². The molecule has 0 aliphatic carbocycles. The number of carboxylic acids is 1. The Kier molecular flexibility index (Phi) is 5.17. The van der Waals surface area contributed by atoms with Crippen LogP contribution in [0.3, 0.4) is 0 Å². The van der Waals surface area contributed by atoms with Crippen molar-refractivity contribution in [2.75, 3.05) is 13.1 Å². The maximum absolute atomic E-state index is 13.6. The van der Waals surface area contributed by atoms with Gasteiger partial charge in [0.2, 0.25) is 0 Å². The van der Waals surface area contributed by atoms with Crippen LogP contribution < -0.4 is 0 Å². The molecule has 154 valence electrons. The van der Waals surface area contributed by atoms with Gasteiger partial charge in [0.05, 0.1) is 17.2 Å². The lowest BCUT2D eigenvalue weighted by molar-refractivity contribution is -0.161. The lowest BCUT2D eigenvalue weighted by atomic mass is 9.72. The first-order chi connectivity index (χ1) is 14.4. The molecule has 7 nitrogen and oxygen atoms in total. The molecule has 0 saturated carbocycles. The number of carbonyl (C=O) groups excluding carboxylic acids is 1. The highest BCUT2D eigenvalue weighted by Gasteiger charge is 2.50. The number of piperidine rings is 1. The van der Waals surface area contributed by atoms with Gasteiger partial charge in [-0.2, -0.15) is 0 Å². The lowest BCUT2D eigenvalue weighted by Crippen LogP contribution is -2.58. The third-order valence-corrected chi connectivity index (χ3v) is 5.63. The number of halogens is 1. The SMILES string of the molecule is O=C(c1cccc2nccnc12)N1CC[C@H](O)[C@](Cc2cccc(F)c2)(C(=O)O)C1. The molecule has 3 aromatic rings. The second kappa shape index (κ2) is 7.79. The van der Waals surface area contributed by atoms with Gasteiger partial charge in [-0.3, -0.25) is 19.6 Å². The summed E-state index contributed by atoms with van der Waals surface area (Å²) in [7, 11) is 0. The molecule has 2 heterocycles. The van der Waals surface area contributed by atoms with Crippen LogP contribution in [0.5, 0.6) is 0 Å². The molecule has 2 aromatic carbocycles. The largest absolute Gasteiger partial charge is 0.481 e. The average Bonchev–Trinajstić information content (AvgIpc) is 2.74. The van der Waals surface area contributed by atoms with E-state index in [9.17, 15) is 24.2 Å². The van der Waals surface area contributed by atoms with Gasteiger partial charge in [0.1, 0.15) is 16.7 Å². The fourth-order valence-corrected chi connectivity index (χ4v) is 4.06. The number of para-hydroxylation sites is 1. The second-order valence-corrected chi connectivity index (χ2v) is 7.53. The van der Waals surface area contributed by atoms with Gasteiger partial charge >= 0.3 is 5.97 Å². The zero-order chi connectivity index (χ0) is 21.3. The maximum atomic E-state index is 13.6. The van der Waals surface area contributed by atoms with E-state index in [1.165, 1.54) is 35.5 Å². The molecule has 1 amide bonds. The molecule has 30 heavy (non-hydrogen) atoms. The summed E-state index contributed by atoms with van der Waals surface area (Å²) in [5.41, 5.74) is 0.119. The summed E-state index contributed by atoms with van der Waals surface area (Å²) in [4.78, 5) is 35.4. The number of amides is 1. The van der Waals surface area contributed by atoms with Crippen molar-refractivity contribution in [1.29, 1.82) is 0 Å². The van der Waals surface area contributed by atoms with Crippen molar-refractivity contribution in [1.82, 2.24) is 14.9 Å². The maximum Gasteiger partial charge on any atom is 0.314 e. The molecule has 4 rings (SSSR count). The molecule has 1 saturated heterocycles. The minimum absolute atomic E-state index is 0.0968. The van der Waals surface area contributed by atoms with E-state index < -0.39 is 23.3 Å². The van der Waals surface area contributed by atoms with E-state index in [1.807, 2.05) is 0 Å². The Morgan fingerprint density at radius 1 is 1.17 bits per heavy atom. The van der Waals surface area contributed by atoms with Crippen molar-refractivity contribution in [3.63, 3.8) is 0 Å². The minimum Gasteiger partial charge on any atom is -0.481 e. The molecule has 1 aliphatic rings. The Labute approximate surface area is 171 Å². The van der Waals surface area contributed by atoms with E-state index >= 15 is 0 Å². The highest BCUT2D eigenvalue weighted by molar-refractivity contribution is 6.04. The number of hydrogen-bond acceptors (Lipinski definition) is 5. The number of nitrogens with zero attached hydrogens (tertiary/aromatic N) is 3. The molecule has 2 atom stereocenters. The van der Waals surface area contributed by atoms with Crippen LogP contribution in [-0.4, -0.2) is 56.2 Å². The molecule has 1 fully saturated rings. The Bertz CT molecular complexity index is 1120. The highest BCUT2D eigenvalue weighted by Crippen LogP contribution is 2.36. The number of aliphatic hydroxyl groups is 1. The summed E-state index contributed by atoms with van der Waals surface area (Å²) in [6.45, 7) is 0.00429. The second-order valence-electron chi connectivity index (χ2n) is 7.53. The molecular weight excluding hydrogens is 389 g/mol. The van der Waals surface area contributed by atoms with Gasteiger partial charge in [0.15, 0.2) is 0 Å². The van der Waals surface area contributed by atoms with Crippen LogP contribution in [0, 0.1) is 11.2 Å². The summed E-state index contributed by atoms with van der Waals surface area (Å²) >= 11 is 0. The van der Waals surface area contributed by atoms with Gasteiger partial charge in [0.25, 0.3) is 5.91 Å². The standard InChI is InChI=1S/C22H20FN3O4/c23-15-4-1-3-14(11-15)12-22(21(29)30)13-26(10-7-18(22)27)20(28)16-5-2-6-17-19(16)25-9-8-24-17/h1-6,8-9,11,18,27H,7,10,12-13H2,(H,29,30)/t18-,22+/m0/s1. The van der Waals surface area contributed by atoms with E-state index in [2.05, 4.69) is 9.97 Å². The molecule has 2 N–H and O–H groups in total. The normalized spacial score (nSPS) is 21.5. The van der Waals surface area contributed by atoms with E-state index in [-0.39, 0.29) is 31.8 Å². The van der Waals surface area contributed by atoms with E-state index in [1.54, 1.807) is 24.3 Å². The van der Waals surface area contributed by atoms with Crippen LogP contribution in [0.1, 0.15) is 22.3 Å². The van der Waals surface area contributed by atoms with Crippen LogP contribution >= 0.6 is 0 Å². The van der Waals surface area contributed by atoms with Crippen LogP contribution in [0.2, 0.25) is 0 Å². The first-order valence-electron chi connectivity index (χ1n) is 9.56. The van der Waals surface area contributed by atoms with Crippen LogP contribution in [-0.2, 0) is 11.2 Å². The Balaban J connectivity index is 1.68. The third kappa shape index (κ3) is 3.50. The number of aliphatic hydroxyl groups excluding tert-OH is 1. The molecule has 1 aliphatic heterocycles. The molecule has 0 spiro atoms. The number of carbonyl (C=O) groups is 2. The van der Waals surface area contributed by atoms with Gasteiger partial charge in [-0.05, 0) is 42.7 Å². The van der Waals surface area contributed by atoms with E-state index in [0.717, 1.165) is 0 Å². The summed E-state index contributed by atoms with van der Waals surface area (Å²) in [6.07, 6.45) is 1.85. The third-order valence-electron chi connectivity index (χ3n) is 5.63. The summed E-state index contributed by atoms with van der Waals surface area (Å²) < 4.78 is 13.6. The van der Waals surface area contributed by atoms with Gasteiger partial charge in [-0.1, -0.05) is 18.2 Å². The number of fused-ring (bicyclic) bond motifs is 1. The molecule has 0 unspecified atom stereocenters. The molecular formula is C22H20FN3O4. The fraction of sp³-hybridized carbons (Fsp3) is 0.273. The van der Waals surface area contributed by atoms with Gasteiger partial charge < -0.3 is 15.1 Å². The Morgan fingerprint density at radius 3 is 2.70 bits per heavy atom. The monoisotopic (exact) mass is 409 g/mol. The predicted molar refractivity (Wildman–Crippen MR) is 106 cm³/mol. The fourth-order valence-electron chi connectivity index (χ4n) is 4.06. The lowest BCUT2D eigenvalue weighted by Gasteiger charge is -2.43. The molecule has 1 aromatic heterocycles. The van der Waals surface area contributed by atoms with E-state index in [0.29, 0.717) is 22.2 Å². The smallest absolute Gasteiger partial charge is 0.314 e. The molecule has 0 bridgehead atoms. The zero-order valence-electron chi connectivity index (χ0n) is 16.0. The van der Waals surface area contributed by atoms with Gasteiger partial charge in [-0.25, -0.2) is 4.39 Å². The Morgan fingerprint density at radius 2 is 1.93 bits per heavy atom. The number of carboxylic acid groups (broad SMARTS) is 1. The summed E-state index contributed by atoms with van der Waals surface area (Å²) in [5.74, 6) is -2.09. The van der Waals surface area contributed by atoms with Crippen LogP contribution in [0.25, 0.3) is 11.0 Å². The first kappa shape index (κ1) is 19.9. The number of likely N-dealkylation sites (tertiary alicyclic amines) is 1. The number of benzene rings is 2. The van der Waals surface area contributed by atoms with Crippen LogP contribution in [0.15, 0.2) is 54.9 Å². The number of aromatic nitrogens is 2. The number of aliphatic carboxylic acids is 1. The van der Waals surface area contributed by atoms with Crippen LogP contribution in [0.4, 0.5) is 4.39 Å². The van der Waals surface area contributed by atoms with Crippen molar-refractivity contribution in [3.05, 3.63) is 71.8 Å². The highest BCUT2D eigenvalue weighted by atomic mass is 19.1. The van der Waals surface area contributed by atoms with Crippen molar-refractivity contribution in [2.24, 2.45) is 5.41 Å². The van der Waals surface area contributed by atoms with Crippen molar-refractivity contribution < 1.29 is 24.2 Å². The van der Waals surface area contributed by atoms with Crippen molar-refractivity contribution in [2.45, 2.75) is 18.9 Å². The van der Waals surface area contributed by atoms with Crippen molar-refractivity contribution in [3.8, 4) is 0 Å². The molecule has 0 radical (unpaired) electrons. The number of rotatable bonds is 4. The topological polar surface area (TPSA) is 104 Å². The first-order valence-corrected chi connectivity index (χ1v) is 9.56. The summed E-state index contributed by atoms with van der Waals surface area (Å²) in [5, 5.41) is 20.6. The van der Waals surface area contributed by atoms with Gasteiger partial charge in [-0.15, -0.1) is 0 Å².